The van der Waals surface area contributed by atoms with Crippen LogP contribution in [0.15, 0.2) is 33.9 Å². The summed E-state index contributed by atoms with van der Waals surface area (Å²) in [5, 5.41) is 3.33. The molecule has 0 aliphatic carbocycles. The molecule has 0 saturated carbocycles. The van der Waals surface area contributed by atoms with Crippen LogP contribution in [0, 0.1) is 6.92 Å². The molecule has 0 unspecified atom stereocenters. The fraction of sp³-hybridized carbons (Fsp3) is 0.421. The summed E-state index contributed by atoms with van der Waals surface area (Å²) in [4.78, 5) is 31.0. The lowest BCUT2D eigenvalue weighted by molar-refractivity contribution is -0.856. The number of hydrogen-bond acceptors (Lipinski definition) is 4. The van der Waals surface area contributed by atoms with E-state index in [1.807, 2.05) is 35.8 Å². The molecule has 3 aromatic rings. The molecule has 0 bridgehead atoms. The summed E-state index contributed by atoms with van der Waals surface area (Å²) < 4.78 is 4.42. The lowest BCUT2D eigenvalue weighted by Gasteiger charge is -2.12. The quantitative estimate of drug-likeness (QED) is 0.604. The van der Waals surface area contributed by atoms with Crippen LogP contribution >= 0.6 is 0 Å². The largest absolute Gasteiger partial charge is 0.350 e. The van der Waals surface area contributed by atoms with Gasteiger partial charge < -0.3 is 10.2 Å². The monoisotopic (exact) mass is 371 g/mol. The Balaban J connectivity index is 2.15. The number of aryl methyl sites for hydroxylation is 2. The van der Waals surface area contributed by atoms with Gasteiger partial charge in [0.2, 0.25) is 5.95 Å². The van der Waals surface area contributed by atoms with Gasteiger partial charge in [-0.25, -0.2) is 4.79 Å². The van der Waals surface area contributed by atoms with Gasteiger partial charge in [-0.2, -0.15) is 4.98 Å². The summed E-state index contributed by atoms with van der Waals surface area (Å²) in [6.07, 6.45) is 0. The van der Waals surface area contributed by atoms with Crippen molar-refractivity contribution in [1.29, 1.82) is 0 Å². The molecule has 3 rings (SSSR count). The van der Waals surface area contributed by atoms with Crippen LogP contribution in [0.5, 0.6) is 0 Å². The van der Waals surface area contributed by atoms with E-state index in [1.54, 1.807) is 7.05 Å². The van der Waals surface area contributed by atoms with Crippen molar-refractivity contribution in [3.8, 4) is 0 Å². The Bertz CT molecular complexity index is 1070. The Morgan fingerprint density at radius 1 is 1.07 bits per heavy atom. The van der Waals surface area contributed by atoms with Crippen molar-refractivity contribution in [2.24, 2.45) is 14.1 Å². The highest BCUT2D eigenvalue weighted by Crippen LogP contribution is 2.18. The van der Waals surface area contributed by atoms with Crippen LogP contribution in [-0.2, 0) is 20.6 Å². The Hall–Kier alpha value is -2.87. The summed E-state index contributed by atoms with van der Waals surface area (Å²) in [5.41, 5.74) is 2.36. The van der Waals surface area contributed by atoms with E-state index in [-0.39, 0.29) is 11.2 Å². The normalized spacial score (nSPS) is 11.5. The summed E-state index contributed by atoms with van der Waals surface area (Å²) in [5.74, 6) is 0.602. The lowest BCUT2D eigenvalue weighted by Crippen LogP contribution is -3.06. The van der Waals surface area contributed by atoms with E-state index in [0.717, 1.165) is 16.7 Å². The van der Waals surface area contributed by atoms with Gasteiger partial charge in [-0.1, -0.05) is 29.8 Å². The van der Waals surface area contributed by atoms with Crippen LogP contribution in [0.1, 0.15) is 11.1 Å². The predicted octanol–water partition coefficient (Wildman–Crippen LogP) is -0.653. The zero-order valence-electron chi connectivity index (χ0n) is 16.5. The van der Waals surface area contributed by atoms with Gasteiger partial charge in [-0.15, -0.1) is 0 Å². The number of fused-ring (bicyclic) bond motifs is 1. The molecule has 0 aliphatic heterocycles. The van der Waals surface area contributed by atoms with Gasteiger partial charge in [0.15, 0.2) is 11.2 Å². The number of benzene rings is 1. The fourth-order valence-electron chi connectivity index (χ4n) is 3.04. The molecule has 0 radical (unpaired) electrons. The van der Waals surface area contributed by atoms with Crippen molar-refractivity contribution in [2.75, 3.05) is 32.5 Å². The second-order valence-electron chi connectivity index (χ2n) is 7.27. The van der Waals surface area contributed by atoms with Crippen molar-refractivity contribution in [2.45, 2.75) is 13.5 Å². The first kappa shape index (κ1) is 18.9. The number of quaternary nitrogens is 1. The highest BCUT2D eigenvalue weighted by atomic mass is 16.2. The molecule has 8 nitrogen and oxygen atoms in total. The third-order valence-electron chi connectivity index (χ3n) is 4.72. The highest BCUT2D eigenvalue weighted by molar-refractivity contribution is 5.74. The Morgan fingerprint density at radius 2 is 1.74 bits per heavy atom. The van der Waals surface area contributed by atoms with Gasteiger partial charge in [-0.05, 0) is 12.5 Å². The van der Waals surface area contributed by atoms with Crippen molar-refractivity contribution in [3.05, 3.63) is 56.2 Å². The summed E-state index contributed by atoms with van der Waals surface area (Å²) in [7, 11) is 7.30. The maximum atomic E-state index is 12.8. The van der Waals surface area contributed by atoms with Gasteiger partial charge in [-0.3, -0.25) is 18.5 Å². The second kappa shape index (κ2) is 7.40. The van der Waals surface area contributed by atoms with E-state index >= 15 is 0 Å². The van der Waals surface area contributed by atoms with Crippen LogP contribution in [-0.4, -0.2) is 45.9 Å². The molecule has 0 spiro atoms. The minimum absolute atomic E-state index is 0.334. The number of rotatable bonds is 6. The topological polar surface area (TPSA) is 78.3 Å². The zero-order valence-corrected chi connectivity index (χ0v) is 16.5. The van der Waals surface area contributed by atoms with E-state index in [2.05, 4.69) is 24.4 Å². The van der Waals surface area contributed by atoms with E-state index in [0.29, 0.717) is 30.2 Å². The smallest absolute Gasteiger partial charge is 0.332 e. The van der Waals surface area contributed by atoms with Gasteiger partial charge in [0.05, 0.1) is 33.7 Å². The number of likely N-dealkylation sites (N-methyl/N-ethyl adjacent to an activating group) is 1. The molecule has 27 heavy (non-hydrogen) atoms. The van der Waals surface area contributed by atoms with Gasteiger partial charge >= 0.3 is 5.69 Å². The summed E-state index contributed by atoms with van der Waals surface area (Å²) >= 11 is 0. The maximum absolute atomic E-state index is 12.8. The van der Waals surface area contributed by atoms with Crippen molar-refractivity contribution < 1.29 is 4.90 Å². The first-order chi connectivity index (χ1) is 12.8. The number of nitrogens with one attached hydrogen (secondary N) is 2. The predicted molar refractivity (Wildman–Crippen MR) is 107 cm³/mol. The molecule has 0 saturated heterocycles. The summed E-state index contributed by atoms with van der Waals surface area (Å²) in [6.45, 7) is 4.17. The molecule has 2 N–H and O–H groups in total. The lowest BCUT2D eigenvalue weighted by atomic mass is 10.1. The zero-order chi connectivity index (χ0) is 19.7. The third kappa shape index (κ3) is 3.66. The Kier molecular flexibility index (Phi) is 5.18. The number of nitrogens with zero attached hydrogens (tertiary/aromatic N) is 4. The number of aromatic nitrogens is 4. The van der Waals surface area contributed by atoms with Crippen LogP contribution < -0.4 is 21.5 Å². The molecule has 8 heteroatoms. The van der Waals surface area contributed by atoms with Crippen LogP contribution in [0.2, 0.25) is 0 Å². The molecule has 0 atom stereocenters. The molecular weight excluding hydrogens is 344 g/mol. The minimum atomic E-state index is -0.378. The summed E-state index contributed by atoms with van der Waals surface area (Å²) in [6, 6.07) is 8.18. The van der Waals surface area contributed by atoms with Crippen molar-refractivity contribution in [1.82, 2.24) is 18.7 Å². The molecule has 0 amide bonds. The Labute approximate surface area is 157 Å². The number of hydrogen-bond donors (Lipinski definition) is 2. The van der Waals surface area contributed by atoms with E-state index < -0.39 is 0 Å². The highest BCUT2D eigenvalue weighted by Gasteiger charge is 2.19. The molecule has 0 fully saturated rings. The second-order valence-corrected chi connectivity index (χ2v) is 7.27. The van der Waals surface area contributed by atoms with E-state index in [1.165, 1.54) is 22.1 Å². The first-order valence-corrected chi connectivity index (χ1v) is 9.04. The number of imidazole rings is 1. The van der Waals surface area contributed by atoms with Gasteiger partial charge in [0.1, 0.15) is 0 Å². The van der Waals surface area contributed by atoms with E-state index in [4.69, 9.17) is 0 Å². The average molecular weight is 371 g/mol. The standard InChI is InChI=1S/C19H26N6O2/c1-13-6-8-14(9-7-13)12-25-15-16(21-18(25)20-10-11-22(2)3)23(4)19(27)24(5)17(15)26/h6-9H,10-12H2,1-5H3,(H,20,21)/p+1. The molecule has 1 aromatic carbocycles. The van der Waals surface area contributed by atoms with Crippen molar-refractivity contribution in [3.63, 3.8) is 0 Å². The average Bonchev–Trinajstić information content (AvgIpc) is 2.98. The molecule has 0 aliphatic rings. The van der Waals surface area contributed by atoms with Crippen LogP contribution in [0.4, 0.5) is 5.95 Å². The molecular formula is C19H27N6O2+. The van der Waals surface area contributed by atoms with Gasteiger partial charge in [0.25, 0.3) is 5.56 Å². The maximum Gasteiger partial charge on any atom is 0.332 e. The first-order valence-electron chi connectivity index (χ1n) is 9.04. The van der Waals surface area contributed by atoms with Crippen molar-refractivity contribution >= 4 is 17.1 Å². The SMILES string of the molecule is Cc1ccc(Cn2c(NCC[NH+](C)C)nc3c2c(=O)n(C)c(=O)n3C)cc1. The van der Waals surface area contributed by atoms with E-state index in [9.17, 15) is 9.59 Å². The molecule has 144 valence electrons. The van der Waals surface area contributed by atoms with Gasteiger partial charge in [0, 0.05) is 14.1 Å². The van der Waals surface area contributed by atoms with Crippen LogP contribution in [0.25, 0.3) is 11.2 Å². The fourth-order valence-corrected chi connectivity index (χ4v) is 3.04. The Morgan fingerprint density at radius 3 is 2.37 bits per heavy atom. The third-order valence-corrected chi connectivity index (χ3v) is 4.72. The van der Waals surface area contributed by atoms with Crippen LogP contribution in [0.3, 0.4) is 0 Å². The number of anilines is 1. The molecule has 2 heterocycles. The minimum Gasteiger partial charge on any atom is -0.350 e. The molecule has 2 aromatic heterocycles.